The molecule has 112 valence electrons. The van der Waals surface area contributed by atoms with Gasteiger partial charge in [0, 0.05) is 12.2 Å². The fraction of sp³-hybridized carbons (Fsp3) is 0.500. The molecule has 20 heavy (non-hydrogen) atoms. The summed E-state index contributed by atoms with van der Waals surface area (Å²) in [6.45, 7) is 3.34. The summed E-state index contributed by atoms with van der Waals surface area (Å²) in [5.74, 6) is -1.21. The van der Waals surface area contributed by atoms with Crippen LogP contribution in [0.1, 0.15) is 23.9 Å². The molecule has 1 rings (SSSR count). The summed E-state index contributed by atoms with van der Waals surface area (Å²) in [5.41, 5.74) is 6.14. The van der Waals surface area contributed by atoms with Gasteiger partial charge in [-0.25, -0.2) is 0 Å². The van der Waals surface area contributed by atoms with E-state index in [4.69, 9.17) is 5.73 Å². The molecule has 1 aromatic heterocycles. The van der Waals surface area contributed by atoms with Gasteiger partial charge in [-0.05, 0) is 25.5 Å². The van der Waals surface area contributed by atoms with E-state index in [9.17, 15) is 18.0 Å². The fourth-order valence-corrected chi connectivity index (χ4v) is 1.57. The maximum absolute atomic E-state index is 12.3. The Labute approximate surface area is 113 Å². The first-order valence-electron chi connectivity index (χ1n) is 5.87. The van der Waals surface area contributed by atoms with Crippen LogP contribution in [0.15, 0.2) is 6.07 Å². The summed E-state index contributed by atoms with van der Waals surface area (Å²) in [4.78, 5) is 15.3. The number of hydrogen-bond donors (Lipinski definition) is 1. The molecule has 0 aromatic carbocycles. The molecule has 0 aliphatic rings. The average Bonchev–Trinajstić information content (AvgIpc) is 2.31. The van der Waals surface area contributed by atoms with Gasteiger partial charge in [0.05, 0.1) is 18.7 Å². The van der Waals surface area contributed by atoms with Gasteiger partial charge in [-0.15, -0.1) is 13.2 Å². The highest BCUT2D eigenvalue weighted by Crippen LogP contribution is 2.28. The van der Waals surface area contributed by atoms with E-state index in [1.54, 1.807) is 13.8 Å². The Bertz CT molecular complexity index is 490. The second-order valence-electron chi connectivity index (χ2n) is 3.91. The molecule has 2 N–H and O–H groups in total. The van der Waals surface area contributed by atoms with Crippen molar-refractivity contribution in [1.29, 1.82) is 0 Å². The van der Waals surface area contributed by atoms with Crippen molar-refractivity contribution < 1.29 is 27.4 Å². The first-order chi connectivity index (χ1) is 9.26. The summed E-state index contributed by atoms with van der Waals surface area (Å²) >= 11 is 0. The molecule has 1 aromatic rings. The predicted octanol–water partition coefficient (Wildman–Crippen LogP) is 1.85. The summed E-state index contributed by atoms with van der Waals surface area (Å²) in [5, 5.41) is 0. The second-order valence-corrected chi connectivity index (χ2v) is 3.91. The summed E-state index contributed by atoms with van der Waals surface area (Å²) in [7, 11) is 0. The molecule has 0 atom stereocenters. The number of rotatable bonds is 5. The van der Waals surface area contributed by atoms with Gasteiger partial charge in [-0.2, -0.15) is 0 Å². The van der Waals surface area contributed by atoms with Crippen molar-refractivity contribution in [3.05, 3.63) is 23.0 Å². The third-order valence-corrected chi connectivity index (χ3v) is 2.42. The minimum absolute atomic E-state index is 0.0206. The molecule has 0 aliphatic carbocycles. The highest BCUT2D eigenvalue weighted by atomic mass is 19.4. The lowest BCUT2D eigenvalue weighted by Crippen LogP contribution is -2.20. The van der Waals surface area contributed by atoms with Crippen LogP contribution in [0, 0.1) is 6.92 Å². The van der Waals surface area contributed by atoms with E-state index in [2.05, 4.69) is 14.5 Å². The van der Waals surface area contributed by atoms with Crippen LogP contribution in [0.25, 0.3) is 0 Å². The molecule has 0 amide bonds. The third-order valence-electron chi connectivity index (χ3n) is 2.42. The van der Waals surface area contributed by atoms with E-state index in [1.165, 1.54) is 0 Å². The fourth-order valence-electron chi connectivity index (χ4n) is 1.57. The lowest BCUT2D eigenvalue weighted by atomic mass is 10.1. The maximum Gasteiger partial charge on any atom is 0.573 e. The van der Waals surface area contributed by atoms with Crippen molar-refractivity contribution in [2.75, 3.05) is 6.61 Å². The highest BCUT2D eigenvalue weighted by molar-refractivity contribution is 5.73. The maximum atomic E-state index is 12.3. The van der Waals surface area contributed by atoms with Crippen LogP contribution in [0.5, 0.6) is 5.75 Å². The number of halogens is 3. The zero-order valence-electron chi connectivity index (χ0n) is 11.1. The molecular formula is C12H15F3N2O3. The second kappa shape index (κ2) is 6.56. The van der Waals surface area contributed by atoms with Crippen molar-refractivity contribution in [3.8, 4) is 5.75 Å². The summed E-state index contributed by atoms with van der Waals surface area (Å²) in [6, 6.07) is 1.14. The van der Waals surface area contributed by atoms with Crippen molar-refractivity contribution in [3.63, 3.8) is 0 Å². The predicted molar refractivity (Wildman–Crippen MR) is 63.9 cm³/mol. The third kappa shape index (κ3) is 4.69. The first kappa shape index (κ1) is 16.2. The average molecular weight is 292 g/mol. The molecule has 0 unspecified atom stereocenters. The van der Waals surface area contributed by atoms with Gasteiger partial charge in [0.25, 0.3) is 0 Å². The Balaban J connectivity index is 3.12. The van der Waals surface area contributed by atoms with E-state index in [-0.39, 0.29) is 18.8 Å². The number of carbonyl (C=O) groups is 1. The van der Waals surface area contributed by atoms with Gasteiger partial charge >= 0.3 is 12.3 Å². The largest absolute Gasteiger partial charge is 0.573 e. The number of ether oxygens (including phenoxy) is 2. The number of hydrogen-bond acceptors (Lipinski definition) is 5. The standard InChI is InChI=1S/C12H15F3N2O3/c1-3-19-11(18)5-9-10(20-12(13,14)15)4-8(6-16)7(2)17-9/h4H,3,5-6,16H2,1-2H3. The quantitative estimate of drug-likeness (QED) is 0.838. The molecular weight excluding hydrogens is 277 g/mol. The molecule has 0 fully saturated rings. The summed E-state index contributed by atoms with van der Waals surface area (Å²) in [6.07, 6.45) is -5.27. The number of esters is 1. The Morgan fingerprint density at radius 3 is 2.60 bits per heavy atom. The molecule has 0 radical (unpaired) electrons. The van der Waals surface area contributed by atoms with Crippen molar-refractivity contribution >= 4 is 5.97 Å². The molecule has 5 nitrogen and oxygen atoms in total. The highest BCUT2D eigenvalue weighted by Gasteiger charge is 2.33. The molecule has 1 heterocycles. The Kier molecular flexibility index (Phi) is 5.32. The normalized spacial score (nSPS) is 11.3. The number of aromatic nitrogens is 1. The smallest absolute Gasteiger partial charge is 0.466 e. The zero-order valence-corrected chi connectivity index (χ0v) is 11.1. The van der Waals surface area contributed by atoms with Gasteiger partial charge in [0.15, 0.2) is 5.75 Å². The van der Waals surface area contributed by atoms with Gasteiger partial charge in [0.2, 0.25) is 0 Å². The Morgan fingerprint density at radius 1 is 1.45 bits per heavy atom. The van der Waals surface area contributed by atoms with Crippen molar-refractivity contribution in [2.45, 2.75) is 33.2 Å². The molecule has 0 saturated heterocycles. The first-order valence-corrected chi connectivity index (χ1v) is 5.87. The van der Waals surface area contributed by atoms with Crippen LogP contribution in [-0.2, 0) is 22.5 Å². The van der Waals surface area contributed by atoms with Crippen LogP contribution in [0.3, 0.4) is 0 Å². The van der Waals surface area contributed by atoms with E-state index in [0.717, 1.165) is 6.07 Å². The van der Waals surface area contributed by atoms with Crippen molar-refractivity contribution in [2.24, 2.45) is 5.73 Å². The van der Waals surface area contributed by atoms with Gasteiger partial charge in [-0.1, -0.05) is 0 Å². The van der Waals surface area contributed by atoms with E-state index < -0.39 is 24.5 Å². The van der Waals surface area contributed by atoms with E-state index >= 15 is 0 Å². The lowest BCUT2D eigenvalue weighted by molar-refractivity contribution is -0.275. The number of pyridine rings is 1. The van der Waals surface area contributed by atoms with Crippen LogP contribution in [0.4, 0.5) is 13.2 Å². The minimum atomic E-state index is -4.87. The Hall–Kier alpha value is -1.83. The lowest BCUT2D eigenvalue weighted by Gasteiger charge is -2.15. The molecule has 0 aliphatic heterocycles. The Morgan fingerprint density at radius 2 is 2.10 bits per heavy atom. The van der Waals surface area contributed by atoms with Crippen LogP contribution in [0.2, 0.25) is 0 Å². The van der Waals surface area contributed by atoms with Gasteiger partial charge in [-0.3, -0.25) is 9.78 Å². The minimum Gasteiger partial charge on any atom is -0.466 e. The topological polar surface area (TPSA) is 74.4 Å². The van der Waals surface area contributed by atoms with Crippen LogP contribution < -0.4 is 10.5 Å². The number of nitrogens with two attached hydrogens (primary N) is 1. The summed E-state index contributed by atoms with van der Waals surface area (Å²) < 4.78 is 45.6. The number of carbonyl (C=O) groups excluding carboxylic acids is 1. The number of aryl methyl sites for hydroxylation is 1. The van der Waals surface area contributed by atoms with Crippen LogP contribution >= 0.6 is 0 Å². The SMILES string of the molecule is CCOC(=O)Cc1nc(C)c(CN)cc1OC(F)(F)F. The van der Waals surface area contributed by atoms with E-state index in [1.807, 2.05) is 0 Å². The zero-order chi connectivity index (χ0) is 15.3. The van der Waals surface area contributed by atoms with E-state index in [0.29, 0.717) is 11.3 Å². The number of alkyl halides is 3. The van der Waals surface area contributed by atoms with Crippen LogP contribution in [-0.4, -0.2) is 23.9 Å². The molecule has 0 bridgehead atoms. The molecule has 8 heteroatoms. The van der Waals surface area contributed by atoms with Crippen molar-refractivity contribution in [1.82, 2.24) is 4.98 Å². The number of nitrogens with zero attached hydrogens (tertiary/aromatic N) is 1. The van der Waals surface area contributed by atoms with Gasteiger partial charge < -0.3 is 15.2 Å². The molecule has 0 spiro atoms. The molecule has 0 saturated carbocycles. The van der Waals surface area contributed by atoms with Gasteiger partial charge in [0.1, 0.15) is 0 Å². The monoisotopic (exact) mass is 292 g/mol.